The summed E-state index contributed by atoms with van der Waals surface area (Å²) in [6, 6.07) is 12.1. The average molecular weight is 271 g/mol. The second-order valence-corrected chi connectivity index (χ2v) is 4.32. The van der Waals surface area contributed by atoms with Crippen LogP contribution in [-0.4, -0.2) is 11.7 Å². The molecule has 0 aliphatic carbocycles. The quantitative estimate of drug-likeness (QED) is 0.862. The molecule has 2 rings (SSSR count). The van der Waals surface area contributed by atoms with Gasteiger partial charge in [-0.25, -0.2) is 4.39 Å². The largest absolute Gasteiger partial charge is 0.322 e. The Balaban J connectivity index is 2.10. The molecule has 0 aromatic heterocycles. The van der Waals surface area contributed by atoms with E-state index in [-0.39, 0.29) is 17.3 Å². The minimum Gasteiger partial charge on any atom is -0.322 e. The molecule has 0 heterocycles. The Bertz CT molecular complexity index is 635. The Hall–Kier alpha value is -2.49. The predicted molar refractivity (Wildman–Crippen MR) is 75.4 cm³/mol. The smallest absolute Gasteiger partial charge is 0.255 e. The maximum Gasteiger partial charge on any atom is 0.255 e. The zero-order valence-electron chi connectivity index (χ0n) is 11.0. The molecular formula is C16H14FNO2. The van der Waals surface area contributed by atoms with E-state index in [0.717, 1.165) is 0 Å². The molecule has 1 amide bonds. The molecule has 20 heavy (non-hydrogen) atoms. The Morgan fingerprint density at radius 2 is 1.75 bits per heavy atom. The zero-order valence-corrected chi connectivity index (χ0v) is 11.0. The number of carbonyl (C=O) groups is 2. The van der Waals surface area contributed by atoms with E-state index < -0.39 is 5.82 Å². The van der Waals surface area contributed by atoms with Crippen molar-refractivity contribution in [3.8, 4) is 0 Å². The average Bonchev–Trinajstić information content (AvgIpc) is 2.47. The molecule has 4 heteroatoms. The topological polar surface area (TPSA) is 46.2 Å². The summed E-state index contributed by atoms with van der Waals surface area (Å²) in [5, 5.41) is 2.65. The van der Waals surface area contributed by atoms with Crippen LogP contribution in [0, 0.1) is 5.82 Å². The first-order chi connectivity index (χ1) is 9.60. The number of ketones is 1. The number of amides is 1. The van der Waals surface area contributed by atoms with Crippen molar-refractivity contribution < 1.29 is 14.0 Å². The summed E-state index contributed by atoms with van der Waals surface area (Å²) in [7, 11) is 0. The van der Waals surface area contributed by atoms with Gasteiger partial charge in [-0.1, -0.05) is 13.0 Å². The number of benzene rings is 2. The van der Waals surface area contributed by atoms with Gasteiger partial charge in [0.25, 0.3) is 5.91 Å². The monoisotopic (exact) mass is 271 g/mol. The van der Waals surface area contributed by atoms with Gasteiger partial charge in [-0.15, -0.1) is 0 Å². The minimum absolute atomic E-state index is 0.0491. The number of hydrogen-bond donors (Lipinski definition) is 1. The number of nitrogens with one attached hydrogen (secondary N) is 1. The molecule has 2 aromatic rings. The minimum atomic E-state index is -0.457. The van der Waals surface area contributed by atoms with E-state index in [9.17, 15) is 14.0 Å². The summed E-state index contributed by atoms with van der Waals surface area (Å²) < 4.78 is 13.0. The van der Waals surface area contributed by atoms with Crippen LogP contribution in [0.2, 0.25) is 0 Å². The first-order valence-electron chi connectivity index (χ1n) is 6.30. The van der Waals surface area contributed by atoms with Crippen LogP contribution >= 0.6 is 0 Å². The highest BCUT2D eigenvalue weighted by atomic mass is 19.1. The van der Waals surface area contributed by atoms with E-state index >= 15 is 0 Å². The molecule has 1 N–H and O–H groups in total. The highest BCUT2D eigenvalue weighted by Gasteiger charge is 2.08. The van der Waals surface area contributed by atoms with Crippen molar-refractivity contribution in [3.63, 3.8) is 0 Å². The third kappa shape index (κ3) is 3.29. The van der Waals surface area contributed by atoms with Gasteiger partial charge < -0.3 is 5.32 Å². The van der Waals surface area contributed by atoms with Crippen LogP contribution in [0.25, 0.3) is 0 Å². The number of halogens is 1. The van der Waals surface area contributed by atoms with Gasteiger partial charge in [-0.3, -0.25) is 9.59 Å². The third-order valence-electron chi connectivity index (χ3n) is 2.87. The van der Waals surface area contributed by atoms with Crippen LogP contribution in [0.4, 0.5) is 10.1 Å². The third-order valence-corrected chi connectivity index (χ3v) is 2.87. The van der Waals surface area contributed by atoms with Gasteiger partial charge in [-0.2, -0.15) is 0 Å². The van der Waals surface area contributed by atoms with Gasteiger partial charge in [0.05, 0.1) is 0 Å². The lowest BCUT2D eigenvalue weighted by molar-refractivity contribution is 0.0987. The van der Waals surface area contributed by atoms with Crippen molar-refractivity contribution in [2.75, 3.05) is 5.32 Å². The number of hydrogen-bond acceptors (Lipinski definition) is 2. The fourth-order valence-electron chi connectivity index (χ4n) is 1.78. The molecule has 0 aliphatic rings. The van der Waals surface area contributed by atoms with Gasteiger partial charge >= 0.3 is 0 Å². The van der Waals surface area contributed by atoms with E-state index in [1.54, 1.807) is 31.2 Å². The molecule has 3 nitrogen and oxygen atoms in total. The van der Waals surface area contributed by atoms with Crippen LogP contribution in [0.1, 0.15) is 34.1 Å². The van der Waals surface area contributed by atoms with Crippen molar-refractivity contribution in [2.24, 2.45) is 0 Å². The molecular weight excluding hydrogens is 257 g/mol. The van der Waals surface area contributed by atoms with E-state index in [4.69, 9.17) is 0 Å². The molecule has 2 aromatic carbocycles. The number of Topliss-reactive ketones (excluding diaryl/α,β-unsaturated/α-hetero) is 1. The van der Waals surface area contributed by atoms with E-state index in [0.29, 0.717) is 17.7 Å². The van der Waals surface area contributed by atoms with Gasteiger partial charge in [-0.05, 0) is 42.5 Å². The van der Waals surface area contributed by atoms with Crippen molar-refractivity contribution in [3.05, 3.63) is 65.5 Å². The molecule has 0 spiro atoms. The lowest BCUT2D eigenvalue weighted by atomic mass is 10.1. The summed E-state index contributed by atoms with van der Waals surface area (Å²) >= 11 is 0. The second-order valence-electron chi connectivity index (χ2n) is 4.32. The van der Waals surface area contributed by atoms with Crippen molar-refractivity contribution in [2.45, 2.75) is 13.3 Å². The molecule has 0 saturated heterocycles. The Kier molecular flexibility index (Phi) is 4.25. The molecule has 0 bridgehead atoms. The zero-order chi connectivity index (χ0) is 14.5. The molecule has 0 unspecified atom stereocenters. The Morgan fingerprint density at radius 1 is 1.05 bits per heavy atom. The molecule has 0 fully saturated rings. The summed E-state index contributed by atoms with van der Waals surface area (Å²) in [6.45, 7) is 1.79. The molecule has 0 saturated carbocycles. The molecule has 0 aliphatic heterocycles. The van der Waals surface area contributed by atoms with Gasteiger partial charge in [0.15, 0.2) is 5.78 Å². The van der Waals surface area contributed by atoms with E-state index in [1.807, 2.05) is 0 Å². The number of carbonyl (C=O) groups excluding carboxylic acids is 2. The van der Waals surface area contributed by atoms with Crippen LogP contribution in [-0.2, 0) is 0 Å². The van der Waals surface area contributed by atoms with Crippen LogP contribution in [0.15, 0.2) is 48.5 Å². The maximum atomic E-state index is 13.0. The highest BCUT2D eigenvalue weighted by Crippen LogP contribution is 2.13. The van der Waals surface area contributed by atoms with Crippen LogP contribution in [0.5, 0.6) is 0 Å². The standard InChI is InChI=1S/C16H14FNO2/c1-2-15(19)11-6-8-14(9-7-11)18-16(20)12-4-3-5-13(17)10-12/h3-10H,2H2,1H3,(H,18,20). The lowest BCUT2D eigenvalue weighted by Crippen LogP contribution is -2.12. The maximum absolute atomic E-state index is 13.0. The summed E-state index contributed by atoms with van der Waals surface area (Å²) in [4.78, 5) is 23.4. The Labute approximate surface area is 116 Å². The Morgan fingerprint density at radius 3 is 2.35 bits per heavy atom. The fourth-order valence-corrected chi connectivity index (χ4v) is 1.78. The van der Waals surface area contributed by atoms with Gasteiger partial charge in [0, 0.05) is 23.2 Å². The van der Waals surface area contributed by atoms with Crippen molar-refractivity contribution in [1.82, 2.24) is 0 Å². The lowest BCUT2D eigenvalue weighted by Gasteiger charge is -2.06. The SMILES string of the molecule is CCC(=O)c1ccc(NC(=O)c2cccc(F)c2)cc1. The first kappa shape index (κ1) is 13.9. The molecule has 0 radical (unpaired) electrons. The summed E-state index contributed by atoms with van der Waals surface area (Å²) in [6.07, 6.45) is 0.439. The van der Waals surface area contributed by atoms with Gasteiger partial charge in [0.1, 0.15) is 5.82 Å². The van der Waals surface area contributed by atoms with E-state index in [2.05, 4.69) is 5.32 Å². The first-order valence-corrected chi connectivity index (χ1v) is 6.30. The number of anilines is 1. The fraction of sp³-hybridized carbons (Fsp3) is 0.125. The van der Waals surface area contributed by atoms with E-state index in [1.165, 1.54) is 24.3 Å². The van der Waals surface area contributed by atoms with Crippen molar-refractivity contribution >= 4 is 17.4 Å². The predicted octanol–water partition coefficient (Wildman–Crippen LogP) is 3.67. The molecule has 0 atom stereocenters. The van der Waals surface area contributed by atoms with Crippen LogP contribution in [0.3, 0.4) is 0 Å². The molecule has 102 valence electrons. The summed E-state index contributed by atoms with van der Waals surface area (Å²) in [5.74, 6) is -0.798. The second kappa shape index (κ2) is 6.10. The van der Waals surface area contributed by atoms with Gasteiger partial charge in [0.2, 0.25) is 0 Å². The normalized spacial score (nSPS) is 10.1. The van der Waals surface area contributed by atoms with Crippen molar-refractivity contribution in [1.29, 1.82) is 0 Å². The summed E-state index contributed by atoms with van der Waals surface area (Å²) in [5.41, 5.74) is 1.42. The number of rotatable bonds is 4. The highest BCUT2D eigenvalue weighted by molar-refractivity contribution is 6.04. The van der Waals surface area contributed by atoms with Crippen LogP contribution < -0.4 is 5.32 Å².